The number of aromatic nitrogens is 1. The third kappa shape index (κ3) is 2.39. The van der Waals surface area contributed by atoms with Crippen LogP contribution in [0.5, 0.6) is 0 Å². The Bertz CT molecular complexity index is 740. The third-order valence-corrected chi connectivity index (χ3v) is 4.52. The fourth-order valence-electron chi connectivity index (χ4n) is 2.85. The number of carbonyl (C=O) groups is 2. The highest BCUT2D eigenvalue weighted by Gasteiger charge is 2.34. The zero-order chi connectivity index (χ0) is 15.9. The van der Waals surface area contributed by atoms with Gasteiger partial charge in [0.15, 0.2) is 0 Å². The van der Waals surface area contributed by atoms with E-state index < -0.39 is 0 Å². The quantitative estimate of drug-likeness (QED) is 0.813. The SMILES string of the molecule is CC(=O)N1c2ccccc2N(C(=O)c2csc(C)n2)CC1C. The van der Waals surface area contributed by atoms with Gasteiger partial charge in [-0.25, -0.2) is 4.98 Å². The van der Waals surface area contributed by atoms with Crippen molar-refractivity contribution in [2.45, 2.75) is 26.8 Å². The molecule has 0 bridgehead atoms. The number of nitrogens with zero attached hydrogens (tertiary/aromatic N) is 3. The molecular weight excluding hydrogens is 298 g/mol. The number of amides is 2. The Balaban J connectivity index is 2.05. The van der Waals surface area contributed by atoms with Gasteiger partial charge in [0.05, 0.1) is 22.4 Å². The Hall–Kier alpha value is -2.21. The molecule has 5 nitrogen and oxygen atoms in total. The van der Waals surface area contributed by atoms with Gasteiger partial charge in [-0.1, -0.05) is 12.1 Å². The van der Waals surface area contributed by atoms with Crippen molar-refractivity contribution < 1.29 is 9.59 Å². The van der Waals surface area contributed by atoms with Crippen molar-refractivity contribution in [1.29, 1.82) is 0 Å². The van der Waals surface area contributed by atoms with Gasteiger partial charge in [-0.3, -0.25) is 9.59 Å². The molecule has 0 N–H and O–H groups in total. The zero-order valence-electron chi connectivity index (χ0n) is 12.7. The van der Waals surface area contributed by atoms with Crippen LogP contribution in [0.15, 0.2) is 29.6 Å². The van der Waals surface area contributed by atoms with Crippen LogP contribution in [0.25, 0.3) is 0 Å². The molecule has 2 heterocycles. The van der Waals surface area contributed by atoms with Gasteiger partial charge in [0, 0.05) is 18.8 Å². The Morgan fingerprint density at radius 2 is 1.95 bits per heavy atom. The number of benzene rings is 1. The van der Waals surface area contributed by atoms with Crippen LogP contribution in [-0.2, 0) is 4.79 Å². The van der Waals surface area contributed by atoms with Crippen LogP contribution < -0.4 is 9.80 Å². The lowest BCUT2D eigenvalue weighted by Gasteiger charge is -2.40. The van der Waals surface area contributed by atoms with E-state index >= 15 is 0 Å². The molecule has 0 fully saturated rings. The summed E-state index contributed by atoms with van der Waals surface area (Å²) in [5, 5.41) is 2.65. The summed E-state index contributed by atoms with van der Waals surface area (Å²) < 4.78 is 0. The number of hydrogen-bond donors (Lipinski definition) is 0. The molecule has 1 aromatic heterocycles. The van der Waals surface area contributed by atoms with E-state index in [1.165, 1.54) is 11.3 Å². The van der Waals surface area contributed by atoms with Crippen molar-refractivity contribution in [3.05, 3.63) is 40.3 Å². The Kier molecular flexibility index (Phi) is 3.70. The molecule has 0 saturated carbocycles. The molecule has 0 saturated heterocycles. The van der Waals surface area contributed by atoms with Gasteiger partial charge < -0.3 is 9.80 Å². The Labute approximate surface area is 133 Å². The molecule has 1 atom stereocenters. The highest BCUT2D eigenvalue weighted by atomic mass is 32.1. The predicted molar refractivity (Wildman–Crippen MR) is 87.6 cm³/mol. The molecule has 0 aliphatic carbocycles. The summed E-state index contributed by atoms with van der Waals surface area (Å²) in [6.07, 6.45) is 0. The number of anilines is 2. The number of carbonyl (C=O) groups excluding carboxylic acids is 2. The van der Waals surface area contributed by atoms with E-state index in [0.29, 0.717) is 12.2 Å². The van der Waals surface area contributed by atoms with Crippen molar-refractivity contribution in [3.63, 3.8) is 0 Å². The van der Waals surface area contributed by atoms with Crippen LogP contribution in [0.1, 0.15) is 29.3 Å². The Morgan fingerprint density at radius 1 is 1.27 bits per heavy atom. The summed E-state index contributed by atoms with van der Waals surface area (Å²) in [5.74, 6) is -0.136. The largest absolute Gasteiger partial charge is 0.306 e. The summed E-state index contributed by atoms with van der Waals surface area (Å²) >= 11 is 1.46. The maximum absolute atomic E-state index is 12.8. The van der Waals surface area contributed by atoms with E-state index in [9.17, 15) is 9.59 Å². The van der Waals surface area contributed by atoms with Crippen molar-refractivity contribution in [2.75, 3.05) is 16.3 Å². The lowest BCUT2D eigenvalue weighted by molar-refractivity contribution is -0.117. The molecule has 2 aromatic rings. The maximum atomic E-state index is 12.8. The summed E-state index contributed by atoms with van der Waals surface area (Å²) in [5.41, 5.74) is 1.99. The monoisotopic (exact) mass is 315 g/mol. The second-order valence-electron chi connectivity index (χ2n) is 5.39. The predicted octanol–water partition coefficient (Wildman–Crippen LogP) is 2.85. The molecule has 1 aromatic carbocycles. The minimum Gasteiger partial charge on any atom is -0.306 e. The minimum atomic E-state index is -0.119. The van der Waals surface area contributed by atoms with Crippen LogP contribution in [0.2, 0.25) is 0 Å². The molecule has 22 heavy (non-hydrogen) atoms. The van der Waals surface area contributed by atoms with Gasteiger partial charge in [0.2, 0.25) is 5.91 Å². The molecule has 1 unspecified atom stereocenters. The van der Waals surface area contributed by atoms with Crippen LogP contribution in [-0.4, -0.2) is 29.4 Å². The van der Waals surface area contributed by atoms with Crippen molar-refractivity contribution >= 4 is 34.5 Å². The number of fused-ring (bicyclic) bond motifs is 1. The topological polar surface area (TPSA) is 53.5 Å². The molecule has 0 radical (unpaired) electrons. The maximum Gasteiger partial charge on any atom is 0.277 e. The first-order valence-electron chi connectivity index (χ1n) is 7.12. The van der Waals surface area contributed by atoms with E-state index in [0.717, 1.165) is 16.4 Å². The van der Waals surface area contributed by atoms with E-state index in [1.54, 1.807) is 22.1 Å². The average Bonchev–Trinajstić information content (AvgIpc) is 2.91. The second kappa shape index (κ2) is 5.53. The van der Waals surface area contributed by atoms with Gasteiger partial charge >= 0.3 is 0 Å². The highest BCUT2D eigenvalue weighted by molar-refractivity contribution is 7.09. The van der Waals surface area contributed by atoms with E-state index in [1.807, 2.05) is 38.1 Å². The van der Waals surface area contributed by atoms with E-state index in [-0.39, 0.29) is 17.9 Å². The smallest absolute Gasteiger partial charge is 0.277 e. The molecule has 0 spiro atoms. The van der Waals surface area contributed by atoms with Gasteiger partial charge in [-0.15, -0.1) is 11.3 Å². The average molecular weight is 315 g/mol. The van der Waals surface area contributed by atoms with E-state index in [4.69, 9.17) is 0 Å². The molecule has 6 heteroatoms. The molecule has 114 valence electrons. The highest BCUT2D eigenvalue weighted by Crippen LogP contribution is 2.36. The molecule has 1 aliphatic rings. The first kappa shape index (κ1) is 14.7. The van der Waals surface area contributed by atoms with E-state index in [2.05, 4.69) is 4.98 Å². The van der Waals surface area contributed by atoms with Crippen LogP contribution in [0.4, 0.5) is 11.4 Å². The number of aryl methyl sites for hydroxylation is 1. The van der Waals surface area contributed by atoms with Crippen molar-refractivity contribution in [2.24, 2.45) is 0 Å². The van der Waals surface area contributed by atoms with Gasteiger partial charge in [-0.2, -0.15) is 0 Å². The summed E-state index contributed by atoms with van der Waals surface area (Å²) in [6.45, 7) is 5.84. The normalized spacial score (nSPS) is 17.3. The second-order valence-corrected chi connectivity index (χ2v) is 6.46. The fourth-order valence-corrected chi connectivity index (χ4v) is 3.44. The zero-order valence-corrected chi connectivity index (χ0v) is 13.6. The molecule has 3 rings (SSSR count). The molecule has 2 amide bonds. The lowest BCUT2D eigenvalue weighted by atomic mass is 10.1. The Morgan fingerprint density at radius 3 is 2.55 bits per heavy atom. The summed E-state index contributed by atoms with van der Waals surface area (Å²) in [4.78, 5) is 32.4. The first-order chi connectivity index (χ1) is 10.5. The molecular formula is C16H17N3O2S. The minimum absolute atomic E-state index is 0.0171. The van der Waals surface area contributed by atoms with Gasteiger partial charge in [0.25, 0.3) is 5.91 Å². The summed E-state index contributed by atoms with van der Waals surface area (Å²) in [6, 6.07) is 7.42. The fraction of sp³-hybridized carbons (Fsp3) is 0.312. The standard InChI is InChI=1S/C16H17N3O2S/c1-10-8-18(16(21)13-9-22-11(2)17-13)14-6-4-5-7-15(14)19(10)12(3)20/h4-7,9-10H,8H2,1-3H3. The third-order valence-electron chi connectivity index (χ3n) is 3.74. The van der Waals surface area contributed by atoms with Gasteiger partial charge in [0.1, 0.15) is 5.69 Å². The number of hydrogen-bond acceptors (Lipinski definition) is 4. The number of para-hydroxylation sites is 2. The molecule has 1 aliphatic heterocycles. The van der Waals surface area contributed by atoms with Gasteiger partial charge in [-0.05, 0) is 26.0 Å². The van der Waals surface area contributed by atoms with Crippen LogP contribution in [0, 0.1) is 6.92 Å². The van der Waals surface area contributed by atoms with Crippen molar-refractivity contribution in [1.82, 2.24) is 4.98 Å². The van der Waals surface area contributed by atoms with Crippen molar-refractivity contribution in [3.8, 4) is 0 Å². The number of rotatable bonds is 1. The van der Waals surface area contributed by atoms with Crippen LogP contribution >= 0.6 is 11.3 Å². The summed E-state index contributed by atoms with van der Waals surface area (Å²) in [7, 11) is 0. The first-order valence-corrected chi connectivity index (χ1v) is 8.00. The lowest BCUT2D eigenvalue weighted by Crippen LogP contribution is -2.51. The number of thiazole rings is 1. The van der Waals surface area contributed by atoms with Crippen LogP contribution in [0.3, 0.4) is 0 Å².